The summed E-state index contributed by atoms with van der Waals surface area (Å²) in [6.07, 6.45) is 1.66. The zero-order valence-electron chi connectivity index (χ0n) is 11.6. The van der Waals surface area contributed by atoms with Gasteiger partial charge in [-0.2, -0.15) is 0 Å². The van der Waals surface area contributed by atoms with E-state index in [1.54, 1.807) is 19.2 Å². The lowest BCUT2D eigenvalue weighted by molar-refractivity contribution is -0.117. The number of carbonyl (C=O) groups excluding carboxylic acids is 1. The maximum atomic E-state index is 11.4. The number of nitrogens with zero attached hydrogens (tertiary/aromatic N) is 1. The van der Waals surface area contributed by atoms with E-state index in [0.29, 0.717) is 12.4 Å². The van der Waals surface area contributed by atoms with Crippen molar-refractivity contribution >= 4 is 29.0 Å². The molecule has 0 saturated carbocycles. The molecular weight excluding hydrogens is 288 g/mol. The van der Waals surface area contributed by atoms with Crippen LogP contribution in [0.2, 0.25) is 5.02 Å². The Morgan fingerprint density at radius 1 is 1.29 bits per heavy atom. The van der Waals surface area contributed by atoms with Crippen LogP contribution in [0, 0.1) is 0 Å². The van der Waals surface area contributed by atoms with Gasteiger partial charge in [-0.3, -0.25) is 4.79 Å². The molecule has 1 atom stereocenters. The second-order valence-electron chi connectivity index (χ2n) is 4.69. The molecule has 1 heterocycles. The second kappa shape index (κ2) is 7.06. The first kappa shape index (κ1) is 15.3. The molecule has 0 aliphatic heterocycles. The number of benzene rings is 1. The number of carbonyl (C=O) groups is 1. The van der Waals surface area contributed by atoms with Crippen molar-refractivity contribution in [2.45, 2.75) is 19.5 Å². The summed E-state index contributed by atoms with van der Waals surface area (Å²) in [5.74, 6) is 0.221. The molecule has 0 bridgehead atoms. The van der Waals surface area contributed by atoms with Crippen LogP contribution in [0.1, 0.15) is 12.5 Å². The van der Waals surface area contributed by atoms with Crippen molar-refractivity contribution in [3.8, 4) is 0 Å². The molecule has 1 aromatic carbocycles. The van der Waals surface area contributed by atoms with E-state index in [2.05, 4.69) is 15.6 Å². The fourth-order valence-electron chi connectivity index (χ4n) is 1.62. The van der Waals surface area contributed by atoms with E-state index in [9.17, 15) is 4.79 Å². The lowest BCUT2D eigenvalue weighted by Gasteiger charge is -2.09. The minimum Gasteiger partial charge on any atom is -0.380 e. The van der Waals surface area contributed by atoms with Crippen molar-refractivity contribution in [1.29, 1.82) is 0 Å². The summed E-state index contributed by atoms with van der Waals surface area (Å²) in [4.78, 5) is 15.6. The monoisotopic (exact) mass is 304 g/mol. The molecule has 5 nitrogen and oxygen atoms in total. The van der Waals surface area contributed by atoms with Gasteiger partial charge in [-0.25, -0.2) is 4.98 Å². The van der Waals surface area contributed by atoms with Gasteiger partial charge in [0.05, 0.1) is 17.9 Å². The van der Waals surface area contributed by atoms with E-state index >= 15 is 0 Å². The third-order valence-electron chi connectivity index (χ3n) is 2.84. The molecule has 0 aliphatic carbocycles. The molecule has 2 rings (SSSR count). The van der Waals surface area contributed by atoms with E-state index in [1.165, 1.54) is 0 Å². The molecule has 2 aromatic rings. The van der Waals surface area contributed by atoms with Gasteiger partial charge in [0, 0.05) is 11.6 Å². The van der Waals surface area contributed by atoms with Crippen LogP contribution in [0.25, 0.3) is 0 Å². The van der Waals surface area contributed by atoms with Gasteiger partial charge < -0.3 is 16.4 Å². The van der Waals surface area contributed by atoms with Crippen LogP contribution in [0.4, 0.5) is 11.5 Å². The van der Waals surface area contributed by atoms with Crippen molar-refractivity contribution in [2.75, 3.05) is 10.6 Å². The van der Waals surface area contributed by atoms with Crippen LogP contribution in [0.5, 0.6) is 0 Å². The van der Waals surface area contributed by atoms with Gasteiger partial charge in [0.2, 0.25) is 5.91 Å². The average Bonchev–Trinajstić information content (AvgIpc) is 2.48. The van der Waals surface area contributed by atoms with Gasteiger partial charge in [-0.05, 0) is 36.8 Å². The highest BCUT2D eigenvalue weighted by Crippen LogP contribution is 2.13. The van der Waals surface area contributed by atoms with Gasteiger partial charge in [0.15, 0.2) is 0 Å². The largest absolute Gasteiger partial charge is 0.380 e. The van der Waals surface area contributed by atoms with Crippen LogP contribution >= 0.6 is 11.6 Å². The average molecular weight is 305 g/mol. The van der Waals surface area contributed by atoms with Gasteiger partial charge in [0.25, 0.3) is 0 Å². The molecule has 0 radical (unpaired) electrons. The molecule has 0 fully saturated rings. The van der Waals surface area contributed by atoms with Crippen LogP contribution in [0.15, 0.2) is 42.6 Å². The minimum atomic E-state index is -0.561. The van der Waals surface area contributed by atoms with E-state index < -0.39 is 6.04 Å². The molecule has 0 aliphatic rings. The van der Waals surface area contributed by atoms with Crippen molar-refractivity contribution in [2.24, 2.45) is 5.73 Å². The lowest BCUT2D eigenvalue weighted by Crippen LogP contribution is -2.32. The maximum Gasteiger partial charge on any atom is 0.242 e. The molecule has 0 spiro atoms. The highest BCUT2D eigenvalue weighted by Gasteiger charge is 2.07. The number of rotatable bonds is 5. The first-order valence-corrected chi connectivity index (χ1v) is 6.93. The third kappa shape index (κ3) is 4.73. The molecule has 0 saturated heterocycles. The van der Waals surface area contributed by atoms with E-state index in [1.807, 2.05) is 30.3 Å². The summed E-state index contributed by atoms with van der Waals surface area (Å²) in [6, 6.07) is 10.6. The summed E-state index contributed by atoms with van der Waals surface area (Å²) in [7, 11) is 0. The highest BCUT2D eigenvalue weighted by molar-refractivity contribution is 6.30. The second-order valence-corrected chi connectivity index (χ2v) is 5.13. The fourth-order valence-corrected chi connectivity index (χ4v) is 1.74. The number of nitrogens with one attached hydrogen (secondary N) is 2. The number of anilines is 2. The number of hydrogen-bond donors (Lipinski definition) is 3. The topological polar surface area (TPSA) is 80.0 Å². The summed E-state index contributed by atoms with van der Waals surface area (Å²) in [5, 5.41) is 6.59. The summed E-state index contributed by atoms with van der Waals surface area (Å²) in [6.45, 7) is 2.29. The van der Waals surface area contributed by atoms with Gasteiger partial charge in [-0.1, -0.05) is 23.7 Å². The van der Waals surface area contributed by atoms with Crippen LogP contribution in [-0.4, -0.2) is 16.9 Å². The van der Waals surface area contributed by atoms with E-state index in [0.717, 1.165) is 16.3 Å². The number of amides is 1. The summed E-state index contributed by atoms with van der Waals surface area (Å²) < 4.78 is 0. The molecule has 1 amide bonds. The Bertz CT molecular complexity index is 596. The molecule has 6 heteroatoms. The molecular formula is C15H17ClN4O. The predicted molar refractivity (Wildman–Crippen MR) is 85.3 cm³/mol. The maximum absolute atomic E-state index is 11.4. The Morgan fingerprint density at radius 2 is 2.00 bits per heavy atom. The molecule has 21 heavy (non-hydrogen) atoms. The van der Waals surface area contributed by atoms with Crippen molar-refractivity contribution in [1.82, 2.24) is 4.98 Å². The third-order valence-corrected chi connectivity index (χ3v) is 3.09. The fraction of sp³-hybridized carbons (Fsp3) is 0.200. The van der Waals surface area contributed by atoms with Gasteiger partial charge >= 0.3 is 0 Å². The van der Waals surface area contributed by atoms with Crippen molar-refractivity contribution in [3.63, 3.8) is 0 Å². The van der Waals surface area contributed by atoms with Crippen LogP contribution in [-0.2, 0) is 11.3 Å². The zero-order valence-corrected chi connectivity index (χ0v) is 12.4. The zero-order chi connectivity index (χ0) is 15.2. The predicted octanol–water partition coefficient (Wildman–Crippen LogP) is 2.63. The Balaban J connectivity index is 1.90. The summed E-state index contributed by atoms with van der Waals surface area (Å²) >= 11 is 5.84. The number of pyridine rings is 1. The van der Waals surface area contributed by atoms with Crippen LogP contribution < -0.4 is 16.4 Å². The molecule has 1 aromatic heterocycles. The Hall–Kier alpha value is -2.11. The molecule has 110 valence electrons. The first-order chi connectivity index (χ1) is 10.0. The summed E-state index contributed by atoms with van der Waals surface area (Å²) in [5.41, 5.74) is 7.46. The van der Waals surface area contributed by atoms with Crippen molar-refractivity contribution in [3.05, 3.63) is 53.2 Å². The van der Waals surface area contributed by atoms with Crippen molar-refractivity contribution < 1.29 is 4.79 Å². The standard InChI is InChI=1S/C15H17ClN4O/c1-10(17)15(21)20-14-7-6-13(9-19-14)18-8-11-2-4-12(16)5-3-11/h2-7,9-10,18H,8,17H2,1H3,(H,19,20,21). The number of halogens is 1. The van der Waals surface area contributed by atoms with E-state index in [-0.39, 0.29) is 5.91 Å². The van der Waals surface area contributed by atoms with Gasteiger partial charge in [0.1, 0.15) is 5.82 Å². The number of hydrogen-bond acceptors (Lipinski definition) is 4. The quantitative estimate of drug-likeness (QED) is 0.793. The number of nitrogens with two attached hydrogens (primary N) is 1. The smallest absolute Gasteiger partial charge is 0.242 e. The normalized spacial score (nSPS) is 11.8. The first-order valence-electron chi connectivity index (χ1n) is 6.55. The van der Waals surface area contributed by atoms with Crippen LogP contribution in [0.3, 0.4) is 0 Å². The highest BCUT2D eigenvalue weighted by atomic mass is 35.5. The Labute approximate surface area is 128 Å². The molecule has 4 N–H and O–H groups in total. The lowest BCUT2D eigenvalue weighted by atomic mass is 10.2. The Morgan fingerprint density at radius 3 is 2.57 bits per heavy atom. The van der Waals surface area contributed by atoms with Gasteiger partial charge in [-0.15, -0.1) is 0 Å². The van der Waals surface area contributed by atoms with E-state index in [4.69, 9.17) is 17.3 Å². The Kier molecular flexibility index (Phi) is 5.14. The molecule has 1 unspecified atom stereocenters. The number of aromatic nitrogens is 1. The SMILES string of the molecule is CC(N)C(=O)Nc1ccc(NCc2ccc(Cl)cc2)cn1. The minimum absolute atomic E-state index is 0.260.